The first-order valence-corrected chi connectivity index (χ1v) is 6.43. The van der Waals surface area contributed by atoms with Crippen LogP contribution in [0.3, 0.4) is 0 Å². The molecule has 1 aromatic rings. The van der Waals surface area contributed by atoms with Gasteiger partial charge in [-0.25, -0.2) is 4.79 Å². The van der Waals surface area contributed by atoms with Crippen molar-refractivity contribution >= 4 is 11.9 Å². The van der Waals surface area contributed by atoms with Gasteiger partial charge >= 0.3 is 6.03 Å². The lowest BCUT2D eigenvalue weighted by Gasteiger charge is -2.25. The number of amides is 2. The molecule has 1 N–H and O–H groups in total. The van der Waals surface area contributed by atoms with Crippen LogP contribution < -0.4 is 5.32 Å². The topological polar surface area (TPSA) is 76.5 Å². The van der Waals surface area contributed by atoms with E-state index in [1.807, 2.05) is 6.92 Å². The van der Waals surface area contributed by atoms with Crippen LogP contribution in [0.15, 0.2) is 12.3 Å². The summed E-state index contributed by atoms with van der Waals surface area (Å²) in [4.78, 5) is 25.5. The Morgan fingerprint density at radius 1 is 1.42 bits per heavy atom. The van der Waals surface area contributed by atoms with Gasteiger partial charge in [0.15, 0.2) is 5.69 Å². The van der Waals surface area contributed by atoms with E-state index in [0.717, 1.165) is 11.1 Å². The highest BCUT2D eigenvalue weighted by Crippen LogP contribution is 2.05. The molecule has 1 aliphatic heterocycles. The average Bonchev–Trinajstić information content (AvgIpc) is 2.94. The number of carbonyl (C=O) groups is 2. The molecule has 7 nitrogen and oxygen atoms in total. The predicted molar refractivity (Wildman–Crippen MR) is 68.0 cm³/mol. The third-order valence-corrected chi connectivity index (χ3v) is 2.84. The summed E-state index contributed by atoms with van der Waals surface area (Å²) in [5, 5.41) is 6.71. The molecule has 2 rings (SSSR count). The molecule has 0 atom stereocenters. The van der Waals surface area contributed by atoms with Gasteiger partial charge in [-0.2, -0.15) is 9.78 Å². The van der Waals surface area contributed by atoms with Gasteiger partial charge in [-0.15, -0.1) is 0 Å². The molecule has 1 aliphatic rings. The van der Waals surface area contributed by atoms with Gasteiger partial charge in [-0.3, -0.25) is 4.79 Å². The molecule has 7 heteroatoms. The highest BCUT2D eigenvalue weighted by Gasteiger charge is 2.21. The van der Waals surface area contributed by atoms with Gasteiger partial charge in [0, 0.05) is 25.8 Å². The van der Waals surface area contributed by atoms with Crippen molar-refractivity contribution in [2.75, 3.05) is 32.8 Å². The van der Waals surface area contributed by atoms with E-state index in [4.69, 9.17) is 4.74 Å². The van der Waals surface area contributed by atoms with Crippen molar-refractivity contribution in [3.8, 4) is 0 Å². The van der Waals surface area contributed by atoms with Crippen LogP contribution in [0, 0.1) is 0 Å². The standard InChI is InChI=1S/C12H18N4O3/c1-2-4-13-12(18)16-5-3-10(14-16)11(17)15-6-8-19-9-7-15/h3,5H,2,4,6-9H2,1H3,(H,13,18). The number of hydrogen-bond acceptors (Lipinski definition) is 4. The first kappa shape index (κ1) is 13.5. The van der Waals surface area contributed by atoms with E-state index >= 15 is 0 Å². The fourth-order valence-corrected chi connectivity index (χ4v) is 1.79. The largest absolute Gasteiger partial charge is 0.378 e. The first-order chi connectivity index (χ1) is 9.22. The van der Waals surface area contributed by atoms with Gasteiger partial charge < -0.3 is 15.0 Å². The fourth-order valence-electron chi connectivity index (χ4n) is 1.79. The van der Waals surface area contributed by atoms with Crippen molar-refractivity contribution in [2.24, 2.45) is 0 Å². The van der Waals surface area contributed by atoms with Crippen LogP contribution >= 0.6 is 0 Å². The van der Waals surface area contributed by atoms with Crippen molar-refractivity contribution in [2.45, 2.75) is 13.3 Å². The highest BCUT2D eigenvalue weighted by molar-refractivity contribution is 5.92. The zero-order chi connectivity index (χ0) is 13.7. The zero-order valence-corrected chi connectivity index (χ0v) is 11.0. The van der Waals surface area contributed by atoms with Crippen LogP contribution in [0.5, 0.6) is 0 Å². The van der Waals surface area contributed by atoms with E-state index in [0.29, 0.717) is 32.8 Å². The minimum atomic E-state index is -0.317. The summed E-state index contributed by atoms with van der Waals surface area (Å²) >= 11 is 0. The van der Waals surface area contributed by atoms with Gasteiger partial charge in [-0.1, -0.05) is 6.92 Å². The third-order valence-electron chi connectivity index (χ3n) is 2.84. The monoisotopic (exact) mass is 266 g/mol. The van der Waals surface area contributed by atoms with Gasteiger partial charge in [-0.05, 0) is 12.5 Å². The Morgan fingerprint density at radius 2 is 2.16 bits per heavy atom. The normalized spacial score (nSPS) is 15.3. The van der Waals surface area contributed by atoms with Gasteiger partial charge in [0.1, 0.15) is 0 Å². The molecule has 1 saturated heterocycles. The highest BCUT2D eigenvalue weighted by atomic mass is 16.5. The maximum atomic E-state index is 12.1. The second-order valence-corrected chi connectivity index (χ2v) is 4.28. The lowest BCUT2D eigenvalue weighted by Crippen LogP contribution is -2.41. The molecule has 0 aliphatic carbocycles. The Balaban J connectivity index is 1.99. The number of carbonyl (C=O) groups excluding carboxylic acids is 2. The van der Waals surface area contributed by atoms with Gasteiger partial charge in [0.2, 0.25) is 0 Å². The molecule has 0 spiro atoms. The number of nitrogens with one attached hydrogen (secondary N) is 1. The van der Waals surface area contributed by atoms with Crippen molar-refractivity contribution in [1.29, 1.82) is 0 Å². The molecule has 1 fully saturated rings. The molecule has 1 aromatic heterocycles. The average molecular weight is 266 g/mol. The summed E-state index contributed by atoms with van der Waals surface area (Å²) in [6.45, 7) is 4.77. The Morgan fingerprint density at radius 3 is 2.84 bits per heavy atom. The minimum Gasteiger partial charge on any atom is -0.378 e. The van der Waals surface area contributed by atoms with Gasteiger partial charge in [0.25, 0.3) is 5.91 Å². The lowest BCUT2D eigenvalue weighted by atomic mass is 10.3. The summed E-state index contributed by atoms with van der Waals surface area (Å²) in [7, 11) is 0. The van der Waals surface area contributed by atoms with E-state index in [-0.39, 0.29) is 17.6 Å². The van der Waals surface area contributed by atoms with Crippen molar-refractivity contribution < 1.29 is 14.3 Å². The number of ether oxygens (including phenoxy) is 1. The van der Waals surface area contributed by atoms with Crippen molar-refractivity contribution in [3.05, 3.63) is 18.0 Å². The summed E-state index contributed by atoms with van der Waals surface area (Å²) in [5.41, 5.74) is 0.286. The second-order valence-electron chi connectivity index (χ2n) is 4.28. The van der Waals surface area contributed by atoms with Crippen LogP contribution in [-0.2, 0) is 4.74 Å². The van der Waals surface area contributed by atoms with E-state index in [9.17, 15) is 9.59 Å². The number of aromatic nitrogens is 2. The molecule has 0 unspecified atom stereocenters. The Kier molecular flexibility index (Phi) is 4.51. The third kappa shape index (κ3) is 3.31. The Bertz CT molecular complexity index is 452. The number of rotatable bonds is 3. The van der Waals surface area contributed by atoms with Crippen LogP contribution in [0.2, 0.25) is 0 Å². The SMILES string of the molecule is CCCNC(=O)n1ccc(C(=O)N2CCOCC2)n1. The number of morpholine rings is 1. The number of nitrogens with zero attached hydrogens (tertiary/aromatic N) is 3. The smallest absolute Gasteiger partial charge is 0.342 e. The lowest BCUT2D eigenvalue weighted by molar-refractivity contribution is 0.0298. The minimum absolute atomic E-state index is 0.162. The van der Waals surface area contributed by atoms with Crippen molar-refractivity contribution in [1.82, 2.24) is 20.0 Å². The van der Waals surface area contributed by atoms with E-state index < -0.39 is 0 Å². The molecular formula is C12H18N4O3. The number of hydrogen-bond donors (Lipinski definition) is 1. The second kappa shape index (κ2) is 6.33. The zero-order valence-electron chi connectivity index (χ0n) is 11.0. The first-order valence-electron chi connectivity index (χ1n) is 6.43. The molecule has 104 valence electrons. The molecule has 2 amide bonds. The van der Waals surface area contributed by atoms with Gasteiger partial charge in [0.05, 0.1) is 13.2 Å². The van der Waals surface area contributed by atoms with Crippen molar-refractivity contribution in [3.63, 3.8) is 0 Å². The molecule has 0 saturated carbocycles. The maximum absolute atomic E-state index is 12.1. The quantitative estimate of drug-likeness (QED) is 0.855. The summed E-state index contributed by atoms with van der Waals surface area (Å²) in [6.07, 6.45) is 2.35. The molecule has 0 radical (unpaired) electrons. The van der Waals surface area contributed by atoms with E-state index in [2.05, 4.69) is 10.4 Å². The Labute approximate surface area is 111 Å². The van der Waals surface area contributed by atoms with Crippen LogP contribution in [0.25, 0.3) is 0 Å². The van der Waals surface area contributed by atoms with Crippen LogP contribution in [0.4, 0.5) is 4.79 Å². The summed E-state index contributed by atoms with van der Waals surface area (Å²) in [5.74, 6) is -0.162. The van der Waals surface area contributed by atoms with Crippen LogP contribution in [-0.4, -0.2) is 59.5 Å². The molecule has 0 bridgehead atoms. The molecule has 2 heterocycles. The Hall–Kier alpha value is -1.89. The summed E-state index contributed by atoms with van der Waals surface area (Å²) in [6, 6.07) is 1.24. The summed E-state index contributed by atoms with van der Waals surface area (Å²) < 4.78 is 6.35. The molecular weight excluding hydrogens is 248 g/mol. The van der Waals surface area contributed by atoms with Crippen LogP contribution in [0.1, 0.15) is 23.8 Å². The fraction of sp³-hybridized carbons (Fsp3) is 0.583. The maximum Gasteiger partial charge on any atom is 0.342 e. The van der Waals surface area contributed by atoms with E-state index in [1.54, 1.807) is 11.0 Å². The predicted octanol–water partition coefficient (Wildman–Crippen LogP) is 0.323. The van der Waals surface area contributed by atoms with E-state index in [1.165, 1.54) is 6.20 Å². The molecule has 0 aromatic carbocycles. The molecule has 19 heavy (non-hydrogen) atoms.